The molecule has 0 radical (unpaired) electrons. The maximum absolute atomic E-state index is 12.2. The van der Waals surface area contributed by atoms with Gasteiger partial charge in [-0.2, -0.15) is 5.10 Å². The highest BCUT2D eigenvalue weighted by atomic mass is 16.2. The van der Waals surface area contributed by atoms with Gasteiger partial charge < -0.3 is 16.1 Å². The van der Waals surface area contributed by atoms with Gasteiger partial charge in [0.25, 0.3) is 0 Å². The first-order valence-corrected chi connectivity index (χ1v) is 6.48. The third kappa shape index (κ3) is 3.35. The van der Waals surface area contributed by atoms with Crippen molar-refractivity contribution in [1.82, 2.24) is 10.3 Å². The first-order chi connectivity index (χ1) is 8.11. The van der Waals surface area contributed by atoms with Crippen molar-refractivity contribution in [3.8, 4) is 0 Å². The number of amidine groups is 1. The molecule has 1 heterocycles. The lowest BCUT2D eigenvalue weighted by molar-refractivity contribution is -0.134. The zero-order chi connectivity index (χ0) is 12.8. The highest BCUT2D eigenvalue weighted by molar-refractivity contribution is 5.91. The van der Waals surface area contributed by atoms with Crippen LogP contribution in [0.1, 0.15) is 40.0 Å². The van der Waals surface area contributed by atoms with Gasteiger partial charge in [0.1, 0.15) is 5.84 Å². The molecule has 5 nitrogen and oxygen atoms in total. The molecule has 5 heteroatoms. The lowest BCUT2D eigenvalue weighted by atomic mass is 10.1. The summed E-state index contributed by atoms with van der Waals surface area (Å²) < 4.78 is 0. The van der Waals surface area contributed by atoms with E-state index < -0.39 is 0 Å². The van der Waals surface area contributed by atoms with Crippen LogP contribution in [0.3, 0.4) is 0 Å². The van der Waals surface area contributed by atoms with Crippen molar-refractivity contribution in [2.24, 2.45) is 16.8 Å². The van der Waals surface area contributed by atoms with E-state index in [1.165, 1.54) is 0 Å². The number of rotatable bonds is 5. The average Bonchev–Trinajstić information content (AvgIpc) is 2.83. The summed E-state index contributed by atoms with van der Waals surface area (Å²) in [6.45, 7) is 7.51. The van der Waals surface area contributed by atoms with Crippen molar-refractivity contribution >= 4 is 11.7 Å². The van der Waals surface area contributed by atoms with E-state index in [-0.39, 0.29) is 17.9 Å². The zero-order valence-electron chi connectivity index (χ0n) is 11.1. The molecule has 0 bridgehead atoms. The van der Waals surface area contributed by atoms with Gasteiger partial charge in [-0.3, -0.25) is 4.79 Å². The molecule has 0 aliphatic carbocycles. The average molecular weight is 240 g/mol. The van der Waals surface area contributed by atoms with Crippen LogP contribution in [0, 0.1) is 5.92 Å². The Kier molecular flexibility index (Phi) is 5.25. The van der Waals surface area contributed by atoms with Crippen molar-refractivity contribution in [3.63, 3.8) is 0 Å². The molecule has 17 heavy (non-hydrogen) atoms. The summed E-state index contributed by atoms with van der Waals surface area (Å²) in [5.74, 6) is 0.799. The van der Waals surface area contributed by atoms with Crippen molar-refractivity contribution in [3.05, 3.63) is 0 Å². The summed E-state index contributed by atoms with van der Waals surface area (Å²) in [7, 11) is 0. The first kappa shape index (κ1) is 13.8. The number of nitrogens with one attached hydrogen (secondary N) is 1. The van der Waals surface area contributed by atoms with Crippen LogP contribution in [-0.2, 0) is 4.79 Å². The minimum atomic E-state index is -0.0180. The molecule has 2 unspecified atom stereocenters. The lowest BCUT2D eigenvalue weighted by Crippen LogP contribution is -2.46. The summed E-state index contributed by atoms with van der Waals surface area (Å²) in [5, 5.41) is 4.09. The van der Waals surface area contributed by atoms with Crippen molar-refractivity contribution in [2.75, 3.05) is 13.1 Å². The van der Waals surface area contributed by atoms with Gasteiger partial charge in [0.2, 0.25) is 5.91 Å². The monoisotopic (exact) mass is 240 g/mol. The molecule has 0 aromatic carbocycles. The van der Waals surface area contributed by atoms with Gasteiger partial charge in [0, 0.05) is 19.0 Å². The Hall–Kier alpha value is -1.26. The van der Waals surface area contributed by atoms with Gasteiger partial charge in [-0.1, -0.05) is 13.8 Å². The molecule has 1 aliphatic rings. The molecule has 1 rings (SSSR count). The first-order valence-electron chi connectivity index (χ1n) is 6.48. The number of carbonyl (C=O) groups is 1. The molecule has 98 valence electrons. The van der Waals surface area contributed by atoms with Gasteiger partial charge >= 0.3 is 0 Å². The summed E-state index contributed by atoms with van der Waals surface area (Å²) in [4.78, 5) is 14.0. The summed E-state index contributed by atoms with van der Waals surface area (Å²) in [5.41, 5.74) is 8.78. The van der Waals surface area contributed by atoms with Crippen LogP contribution in [-0.4, -0.2) is 35.8 Å². The fourth-order valence-corrected chi connectivity index (χ4v) is 2.04. The van der Waals surface area contributed by atoms with Crippen LogP contribution in [0.15, 0.2) is 5.10 Å². The second-order valence-electron chi connectivity index (χ2n) is 4.55. The van der Waals surface area contributed by atoms with Gasteiger partial charge in [-0.15, -0.1) is 0 Å². The lowest BCUT2D eigenvalue weighted by Gasteiger charge is -2.26. The molecule has 1 amide bonds. The summed E-state index contributed by atoms with van der Waals surface area (Å²) in [6.07, 6.45) is 2.80. The summed E-state index contributed by atoms with van der Waals surface area (Å²) in [6, 6.07) is -0.0180. The van der Waals surface area contributed by atoms with E-state index in [2.05, 4.69) is 10.5 Å². The van der Waals surface area contributed by atoms with Gasteiger partial charge in [-0.25, -0.2) is 0 Å². The van der Waals surface area contributed by atoms with E-state index in [0.29, 0.717) is 5.84 Å². The molecule has 1 aliphatic heterocycles. The standard InChI is InChI=1S/C12H24N4O/c1-4-9(3)12(17)16-8-6-7-10(16)11(13)15-14-5-2/h9-10,14H,4-8H2,1-3H3,(H2,13,15). The second kappa shape index (κ2) is 6.47. The Balaban J connectivity index is 2.69. The number of hydrazone groups is 1. The van der Waals surface area contributed by atoms with Crippen LogP contribution in [0.4, 0.5) is 0 Å². The molecule has 2 atom stereocenters. The molecule has 0 spiro atoms. The SMILES string of the molecule is CCN/N=C(\N)C1CCCN1C(=O)C(C)CC. The van der Waals surface area contributed by atoms with Gasteiger partial charge in [-0.05, 0) is 26.2 Å². The van der Waals surface area contributed by atoms with E-state index in [1.807, 2.05) is 25.7 Å². The Morgan fingerprint density at radius 2 is 2.29 bits per heavy atom. The molecule has 0 aromatic rings. The molecule has 0 aromatic heterocycles. The van der Waals surface area contributed by atoms with E-state index in [9.17, 15) is 4.79 Å². The van der Waals surface area contributed by atoms with Gasteiger partial charge in [0.05, 0.1) is 6.04 Å². The van der Waals surface area contributed by atoms with Crippen LogP contribution in [0.2, 0.25) is 0 Å². The topological polar surface area (TPSA) is 70.7 Å². The maximum Gasteiger partial charge on any atom is 0.226 e. The number of nitrogens with two attached hydrogens (primary N) is 1. The quantitative estimate of drug-likeness (QED) is 0.426. The smallest absolute Gasteiger partial charge is 0.226 e. The predicted octanol–water partition coefficient (Wildman–Crippen LogP) is 0.905. The maximum atomic E-state index is 12.2. The fraction of sp³-hybridized carbons (Fsp3) is 0.833. The Labute approximate surface area is 103 Å². The zero-order valence-corrected chi connectivity index (χ0v) is 11.1. The molecular formula is C12H24N4O. The normalized spacial score (nSPS) is 22.6. The van der Waals surface area contributed by atoms with E-state index >= 15 is 0 Å². The fourth-order valence-electron chi connectivity index (χ4n) is 2.04. The number of likely N-dealkylation sites (tertiary alicyclic amines) is 1. The number of amides is 1. The molecule has 1 saturated heterocycles. The Morgan fingerprint density at radius 1 is 1.59 bits per heavy atom. The van der Waals surface area contributed by atoms with Crippen molar-refractivity contribution in [1.29, 1.82) is 0 Å². The van der Waals surface area contributed by atoms with Crippen LogP contribution < -0.4 is 11.2 Å². The van der Waals surface area contributed by atoms with Crippen molar-refractivity contribution in [2.45, 2.75) is 46.1 Å². The highest BCUT2D eigenvalue weighted by Gasteiger charge is 2.33. The van der Waals surface area contributed by atoms with Crippen LogP contribution in [0.5, 0.6) is 0 Å². The Morgan fingerprint density at radius 3 is 2.88 bits per heavy atom. The molecule has 0 saturated carbocycles. The van der Waals surface area contributed by atoms with Crippen molar-refractivity contribution < 1.29 is 4.79 Å². The van der Waals surface area contributed by atoms with E-state index in [1.54, 1.807) is 0 Å². The predicted molar refractivity (Wildman–Crippen MR) is 69.5 cm³/mol. The third-order valence-corrected chi connectivity index (χ3v) is 3.28. The Bertz CT molecular complexity index is 290. The summed E-state index contributed by atoms with van der Waals surface area (Å²) >= 11 is 0. The highest BCUT2D eigenvalue weighted by Crippen LogP contribution is 2.20. The largest absolute Gasteiger partial charge is 0.384 e. The minimum Gasteiger partial charge on any atom is -0.384 e. The van der Waals surface area contributed by atoms with Crippen LogP contribution in [0.25, 0.3) is 0 Å². The number of hydrogen-bond donors (Lipinski definition) is 2. The third-order valence-electron chi connectivity index (χ3n) is 3.28. The molecule has 1 fully saturated rings. The van der Waals surface area contributed by atoms with Gasteiger partial charge in [0.15, 0.2) is 0 Å². The molecular weight excluding hydrogens is 216 g/mol. The number of carbonyl (C=O) groups excluding carboxylic acids is 1. The minimum absolute atomic E-state index is 0.0180. The number of nitrogens with zero attached hydrogens (tertiary/aromatic N) is 2. The van der Waals surface area contributed by atoms with Crippen LogP contribution >= 0.6 is 0 Å². The van der Waals surface area contributed by atoms with E-state index in [4.69, 9.17) is 5.73 Å². The second-order valence-corrected chi connectivity index (χ2v) is 4.55. The van der Waals surface area contributed by atoms with E-state index in [0.717, 1.165) is 32.4 Å². The number of hydrogen-bond acceptors (Lipinski definition) is 3. The molecule has 3 N–H and O–H groups in total.